The maximum Gasteiger partial charge on any atom is 0.309 e. The summed E-state index contributed by atoms with van der Waals surface area (Å²) in [5.74, 6) is 0.186. The highest BCUT2D eigenvalue weighted by atomic mass is 16.6. The summed E-state index contributed by atoms with van der Waals surface area (Å²) in [5.41, 5.74) is -0.422. The molecule has 3 nitrogen and oxygen atoms in total. The average Bonchev–Trinajstić information content (AvgIpc) is 2.30. The smallest absolute Gasteiger partial charge is 0.309 e. The molecule has 3 heteroatoms. The Balaban J connectivity index is 4.11. The van der Waals surface area contributed by atoms with E-state index in [0.29, 0.717) is 6.42 Å². The minimum atomic E-state index is -0.422. The summed E-state index contributed by atoms with van der Waals surface area (Å²) in [7, 11) is 0. The van der Waals surface area contributed by atoms with Gasteiger partial charge in [0.25, 0.3) is 0 Å². The van der Waals surface area contributed by atoms with Gasteiger partial charge in [0.05, 0.1) is 5.92 Å². The van der Waals surface area contributed by atoms with Gasteiger partial charge in [0.2, 0.25) is 0 Å². The van der Waals surface area contributed by atoms with Crippen LogP contribution in [0.2, 0.25) is 0 Å². The van der Waals surface area contributed by atoms with E-state index in [0.717, 1.165) is 38.5 Å². The number of hydrogen-bond acceptors (Lipinski definition) is 3. The van der Waals surface area contributed by atoms with Crippen LogP contribution >= 0.6 is 0 Å². The highest BCUT2D eigenvalue weighted by molar-refractivity contribution is 5.75. The molecule has 0 bridgehead atoms. The van der Waals surface area contributed by atoms with Gasteiger partial charge >= 0.3 is 5.97 Å². The molecule has 0 rings (SSSR count). The van der Waals surface area contributed by atoms with Gasteiger partial charge < -0.3 is 9.53 Å². The molecular formula is C16H30O3. The van der Waals surface area contributed by atoms with Gasteiger partial charge in [-0.05, 0) is 52.9 Å². The van der Waals surface area contributed by atoms with E-state index in [2.05, 4.69) is 6.92 Å². The maximum atomic E-state index is 12.0. The maximum absolute atomic E-state index is 12.0. The van der Waals surface area contributed by atoms with Crippen molar-refractivity contribution in [2.45, 2.75) is 85.2 Å². The Morgan fingerprint density at radius 2 is 1.79 bits per heavy atom. The van der Waals surface area contributed by atoms with Gasteiger partial charge in [-0.15, -0.1) is 0 Å². The molecule has 0 aliphatic heterocycles. The first-order valence-corrected chi connectivity index (χ1v) is 7.54. The van der Waals surface area contributed by atoms with Gasteiger partial charge in [-0.25, -0.2) is 0 Å². The van der Waals surface area contributed by atoms with Crippen molar-refractivity contribution in [2.75, 3.05) is 0 Å². The molecule has 0 saturated carbocycles. The summed E-state index contributed by atoms with van der Waals surface area (Å²) in [4.78, 5) is 22.9. The lowest BCUT2D eigenvalue weighted by molar-refractivity contribution is -0.162. The predicted octanol–water partition coefficient (Wildman–Crippen LogP) is 4.28. The molecular weight excluding hydrogens is 240 g/mol. The lowest BCUT2D eigenvalue weighted by atomic mass is 9.97. The molecule has 0 saturated heterocycles. The zero-order valence-corrected chi connectivity index (χ0v) is 13.3. The number of unbranched alkanes of at least 4 members (excludes halogenated alkanes) is 1. The van der Waals surface area contributed by atoms with E-state index in [1.165, 1.54) is 0 Å². The second-order valence-electron chi connectivity index (χ2n) is 5.98. The lowest BCUT2D eigenvalue weighted by Crippen LogP contribution is -2.31. The Bertz CT molecular complexity index is 282. The molecule has 0 N–H and O–H groups in total. The van der Waals surface area contributed by atoms with Crippen LogP contribution < -0.4 is 0 Å². The van der Waals surface area contributed by atoms with E-state index in [4.69, 9.17) is 4.74 Å². The van der Waals surface area contributed by atoms with Crippen molar-refractivity contribution < 1.29 is 14.3 Å². The fourth-order valence-electron chi connectivity index (χ4n) is 2.17. The topological polar surface area (TPSA) is 43.4 Å². The van der Waals surface area contributed by atoms with Crippen molar-refractivity contribution in [3.8, 4) is 0 Å². The fraction of sp³-hybridized carbons (Fsp3) is 0.875. The first-order valence-electron chi connectivity index (χ1n) is 7.54. The van der Waals surface area contributed by atoms with Crippen LogP contribution in [-0.4, -0.2) is 17.4 Å². The third kappa shape index (κ3) is 8.79. The zero-order valence-electron chi connectivity index (χ0n) is 13.3. The largest absolute Gasteiger partial charge is 0.459 e. The number of ether oxygens (including phenoxy) is 1. The van der Waals surface area contributed by atoms with Crippen LogP contribution in [0.15, 0.2) is 0 Å². The van der Waals surface area contributed by atoms with Gasteiger partial charge in [0.15, 0.2) is 0 Å². The van der Waals surface area contributed by atoms with Crippen LogP contribution in [0.3, 0.4) is 0 Å². The molecule has 0 fully saturated rings. The van der Waals surface area contributed by atoms with E-state index in [1.807, 2.05) is 20.8 Å². The predicted molar refractivity (Wildman–Crippen MR) is 78.0 cm³/mol. The van der Waals surface area contributed by atoms with E-state index in [9.17, 15) is 9.59 Å². The van der Waals surface area contributed by atoms with Crippen molar-refractivity contribution in [3.05, 3.63) is 0 Å². The van der Waals surface area contributed by atoms with E-state index in [1.54, 1.807) is 6.92 Å². The average molecular weight is 270 g/mol. The van der Waals surface area contributed by atoms with Crippen molar-refractivity contribution in [3.63, 3.8) is 0 Å². The number of rotatable bonds is 10. The minimum Gasteiger partial charge on any atom is -0.459 e. The molecule has 0 aliphatic rings. The Morgan fingerprint density at radius 1 is 1.16 bits per heavy atom. The van der Waals surface area contributed by atoms with Crippen molar-refractivity contribution >= 4 is 11.8 Å². The minimum absolute atomic E-state index is 0.0292. The summed E-state index contributed by atoms with van der Waals surface area (Å²) in [5, 5.41) is 0. The van der Waals surface area contributed by atoms with Gasteiger partial charge in [-0.3, -0.25) is 4.79 Å². The van der Waals surface area contributed by atoms with Gasteiger partial charge in [-0.1, -0.05) is 20.3 Å². The van der Waals surface area contributed by atoms with Crippen LogP contribution in [0.5, 0.6) is 0 Å². The number of carbonyl (C=O) groups excluding carboxylic acids is 2. The molecule has 0 aromatic carbocycles. The summed E-state index contributed by atoms with van der Waals surface area (Å²) in [6.07, 6.45) is 5.98. The summed E-state index contributed by atoms with van der Waals surface area (Å²) >= 11 is 0. The molecule has 0 amide bonds. The molecule has 112 valence electrons. The van der Waals surface area contributed by atoms with Crippen LogP contribution in [0, 0.1) is 5.92 Å². The number of carbonyl (C=O) groups is 2. The summed E-state index contributed by atoms with van der Waals surface area (Å²) in [6.45, 7) is 9.64. The molecule has 0 aromatic rings. The van der Waals surface area contributed by atoms with E-state index >= 15 is 0 Å². The van der Waals surface area contributed by atoms with Gasteiger partial charge in [0, 0.05) is 6.42 Å². The summed E-state index contributed by atoms with van der Waals surface area (Å²) in [6, 6.07) is 0. The normalized spacial score (nSPS) is 13.1. The van der Waals surface area contributed by atoms with Crippen LogP contribution in [0.1, 0.15) is 79.6 Å². The van der Waals surface area contributed by atoms with Gasteiger partial charge in [-0.2, -0.15) is 0 Å². The monoisotopic (exact) mass is 270 g/mol. The van der Waals surface area contributed by atoms with Crippen molar-refractivity contribution in [2.24, 2.45) is 5.92 Å². The second-order valence-corrected chi connectivity index (χ2v) is 5.98. The zero-order chi connectivity index (χ0) is 14.9. The molecule has 1 atom stereocenters. The number of Topliss-reactive ketones (excluding diaryl/α,β-unsaturated/α-hetero) is 1. The molecule has 0 spiro atoms. The van der Waals surface area contributed by atoms with Crippen LogP contribution in [-0.2, 0) is 14.3 Å². The van der Waals surface area contributed by atoms with Gasteiger partial charge in [0.1, 0.15) is 11.4 Å². The number of hydrogen-bond donors (Lipinski definition) is 0. The summed E-state index contributed by atoms with van der Waals surface area (Å²) < 4.78 is 5.63. The Labute approximate surface area is 118 Å². The molecule has 19 heavy (non-hydrogen) atoms. The van der Waals surface area contributed by atoms with Crippen LogP contribution in [0.25, 0.3) is 0 Å². The third-order valence-electron chi connectivity index (χ3n) is 3.40. The third-order valence-corrected chi connectivity index (χ3v) is 3.40. The Kier molecular flexibility index (Phi) is 8.70. The molecule has 1 unspecified atom stereocenters. The number of esters is 1. The Hall–Kier alpha value is -0.860. The van der Waals surface area contributed by atoms with E-state index in [-0.39, 0.29) is 17.7 Å². The Morgan fingerprint density at radius 3 is 2.26 bits per heavy atom. The first kappa shape index (κ1) is 18.1. The molecule has 0 aliphatic carbocycles. The molecule has 0 radical (unpaired) electrons. The molecule has 0 heterocycles. The fourth-order valence-corrected chi connectivity index (χ4v) is 2.17. The number of ketones is 1. The van der Waals surface area contributed by atoms with Crippen molar-refractivity contribution in [1.82, 2.24) is 0 Å². The SMILES string of the molecule is CCCC(CC)C(=O)OC(C)(C)CCCCC(C)=O. The molecule has 0 aromatic heterocycles. The quantitative estimate of drug-likeness (QED) is 0.439. The van der Waals surface area contributed by atoms with Crippen LogP contribution in [0.4, 0.5) is 0 Å². The lowest BCUT2D eigenvalue weighted by Gasteiger charge is -2.27. The van der Waals surface area contributed by atoms with E-state index < -0.39 is 5.60 Å². The highest BCUT2D eigenvalue weighted by Crippen LogP contribution is 2.23. The first-order chi connectivity index (χ1) is 8.82. The highest BCUT2D eigenvalue weighted by Gasteiger charge is 2.26. The van der Waals surface area contributed by atoms with Crippen molar-refractivity contribution in [1.29, 1.82) is 0 Å². The second kappa shape index (κ2) is 9.11. The standard InChI is InChI=1S/C16H30O3/c1-6-10-14(7-2)15(18)19-16(4,5)12-9-8-11-13(3)17/h14H,6-12H2,1-5H3.